The number of ether oxygens (including phenoxy) is 4. The summed E-state index contributed by atoms with van der Waals surface area (Å²) in [6.07, 6.45) is 58.3. The average Bonchev–Trinajstić information content (AvgIpc) is 1.02. The Morgan fingerprint density at radius 3 is 0.701 bits per heavy atom. The second-order valence-corrected chi connectivity index (χ2v) is 32.0. The van der Waals surface area contributed by atoms with E-state index in [1.165, 1.54) is 225 Å². The Bertz CT molecular complexity index is 1870. The van der Waals surface area contributed by atoms with E-state index in [-0.39, 0.29) is 25.7 Å². The lowest BCUT2D eigenvalue weighted by Gasteiger charge is -2.21. The minimum absolute atomic E-state index is 0.106. The number of carbonyl (C=O) groups is 4. The van der Waals surface area contributed by atoms with Crippen LogP contribution < -0.4 is 0 Å². The van der Waals surface area contributed by atoms with E-state index in [9.17, 15) is 43.2 Å². The fourth-order valence-electron chi connectivity index (χ4n) is 12.0. The Kier molecular flexibility index (Phi) is 68.4. The largest absolute Gasteiger partial charge is 0.472 e. The quantitative estimate of drug-likeness (QED) is 0.0222. The molecule has 0 bridgehead atoms. The maximum absolute atomic E-state index is 13.1. The molecular weight excluding hydrogens is 1270 g/mol. The van der Waals surface area contributed by atoms with E-state index in [4.69, 9.17) is 37.0 Å². The van der Waals surface area contributed by atoms with Crippen LogP contribution in [0.3, 0.4) is 0 Å². The highest BCUT2D eigenvalue weighted by Gasteiger charge is 2.30. The van der Waals surface area contributed by atoms with Crippen molar-refractivity contribution < 1.29 is 80.2 Å². The van der Waals surface area contributed by atoms with Crippen LogP contribution in [0.15, 0.2) is 0 Å². The number of hydrogen-bond donors (Lipinski definition) is 3. The van der Waals surface area contributed by atoms with Gasteiger partial charge in [0.05, 0.1) is 26.4 Å². The number of aliphatic hydroxyl groups excluding tert-OH is 1. The predicted molar refractivity (Wildman–Crippen MR) is 395 cm³/mol. The molecule has 0 amide bonds. The van der Waals surface area contributed by atoms with Gasteiger partial charge in [-0.1, -0.05) is 356 Å². The topological polar surface area (TPSA) is 237 Å². The summed E-state index contributed by atoms with van der Waals surface area (Å²) in [6, 6.07) is 0. The molecule has 0 heterocycles. The molecule has 19 heteroatoms. The van der Waals surface area contributed by atoms with Gasteiger partial charge in [0.1, 0.15) is 19.3 Å². The van der Waals surface area contributed by atoms with Gasteiger partial charge >= 0.3 is 39.5 Å². The van der Waals surface area contributed by atoms with E-state index < -0.39 is 97.5 Å². The summed E-state index contributed by atoms with van der Waals surface area (Å²) in [4.78, 5) is 72.9. The van der Waals surface area contributed by atoms with Crippen LogP contribution in [0.5, 0.6) is 0 Å². The van der Waals surface area contributed by atoms with Crippen molar-refractivity contribution in [1.82, 2.24) is 0 Å². The van der Waals surface area contributed by atoms with Gasteiger partial charge < -0.3 is 33.8 Å². The molecule has 0 aromatic carbocycles. The van der Waals surface area contributed by atoms with Gasteiger partial charge in [0.25, 0.3) is 0 Å². The van der Waals surface area contributed by atoms with Crippen LogP contribution in [0.2, 0.25) is 0 Å². The third-order valence-electron chi connectivity index (χ3n) is 18.2. The summed E-state index contributed by atoms with van der Waals surface area (Å²) >= 11 is 0. The average molecular weight is 1420 g/mol. The van der Waals surface area contributed by atoms with Gasteiger partial charge in [0.2, 0.25) is 0 Å². The van der Waals surface area contributed by atoms with Crippen molar-refractivity contribution >= 4 is 39.5 Å². The number of hydrogen-bond acceptors (Lipinski definition) is 15. The smallest absolute Gasteiger partial charge is 0.462 e. The van der Waals surface area contributed by atoms with E-state index >= 15 is 0 Å². The zero-order chi connectivity index (χ0) is 71.4. The normalized spacial score (nSPS) is 14.0. The van der Waals surface area contributed by atoms with Gasteiger partial charge in [0, 0.05) is 25.7 Å². The van der Waals surface area contributed by atoms with Crippen molar-refractivity contribution in [3.63, 3.8) is 0 Å². The first-order chi connectivity index (χ1) is 46.9. The van der Waals surface area contributed by atoms with Crippen molar-refractivity contribution in [2.45, 2.75) is 426 Å². The summed E-state index contributed by atoms with van der Waals surface area (Å²) in [5.74, 6) is -0.602. The maximum atomic E-state index is 13.1. The Balaban J connectivity index is 5.23. The molecule has 0 rings (SSSR count). The van der Waals surface area contributed by atoms with Crippen LogP contribution >= 0.6 is 15.6 Å². The first-order valence-electron chi connectivity index (χ1n) is 40.5. The lowest BCUT2D eigenvalue weighted by molar-refractivity contribution is -0.161. The van der Waals surface area contributed by atoms with Crippen molar-refractivity contribution in [2.75, 3.05) is 39.6 Å². The van der Waals surface area contributed by atoms with E-state index in [1.54, 1.807) is 0 Å². The fourth-order valence-corrected chi connectivity index (χ4v) is 13.6. The minimum atomic E-state index is -4.96. The zero-order valence-corrected chi connectivity index (χ0v) is 65.2. The molecule has 5 atom stereocenters. The molecular formula is C78H152O17P2. The Labute approximate surface area is 594 Å². The molecule has 17 nitrogen and oxygen atoms in total. The van der Waals surface area contributed by atoms with Gasteiger partial charge in [-0.25, -0.2) is 9.13 Å². The highest BCUT2D eigenvalue weighted by atomic mass is 31.2. The zero-order valence-electron chi connectivity index (χ0n) is 63.4. The lowest BCUT2D eigenvalue weighted by Crippen LogP contribution is -2.30. The number of phosphoric acid groups is 2. The molecule has 0 aromatic rings. The monoisotopic (exact) mass is 1420 g/mol. The van der Waals surface area contributed by atoms with Gasteiger partial charge in [-0.15, -0.1) is 0 Å². The summed E-state index contributed by atoms with van der Waals surface area (Å²) < 4.78 is 68.6. The molecule has 0 aliphatic heterocycles. The maximum Gasteiger partial charge on any atom is 0.472 e. The highest BCUT2D eigenvalue weighted by molar-refractivity contribution is 7.47. The van der Waals surface area contributed by atoms with Crippen molar-refractivity contribution in [3.05, 3.63) is 0 Å². The number of carbonyl (C=O) groups excluding carboxylic acids is 4. The second kappa shape index (κ2) is 69.8. The van der Waals surface area contributed by atoms with Gasteiger partial charge in [-0.05, 0) is 37.5 Å². The van der Waals surface area contributed by atoms with Crippen molar-refractivity contribution in [1.29, 1.82) is 0 Å². The SMILES string of the molecule is CCCCCCCCCCCCCCCCCCCCCCC(=O)O[C@H](COC(=O)CCCCCCCCCCCCC(C)C)COP(=O)(O)OC[C@@H](O)COP(=O)(O)OC[C@@H](COC(=O)CCCCCCCCCCCCC)OC(=O)CCCCCCCCCCCCC(C)C. The van der Waals surface area contributed by atoms with Crippen LogP contribution in [0.25, 0.3) is 0 Å². The minimum Gasteiger partial charge on any atom is -0.462 e. The molecule has 0 saturated carbocycles. The van der Waals surface area contributed by atoms with E-state index in [0.717, 1.165) is 102 Å². The third kappa shape index (κ3) is 72.2. The Morgan fingerprint density at radius 2 is 0.474 bits per heavy atom. The molecule has 3 N–H and O–H groups in total. The fraction of sp³-hybridized carbons (Fsp3) is 0.949. The van der Waals surface area contributed by atoms with Crippen LogP contribution in [-0.2, 0) is 65.4 Å². The third-order valence-corrected chi connectivity index (χ3v) is 20.1. The molecule has 2 unspecified atom stereocenters. The molecule has 0 saturated heterocycles. The Morgan fingerprint density at radius 1 is 0.278 bits per heavy atom. The van der Waals surface area contributed by atoms with Gasteiger partial charge in [0.15, 0.2) is 12.2 Å². The van der Waals surface area contributed by atoms with Gasteiger partial charge in [-0.2, -0.15) is 0 Å². The molecule has 0 aliphatic rings. The lowest BCUT2D eigenvalue weighted by atomic mass is 10.0. The molecule has 0 fully saturated rings. The summed E-state index contributed by atoms with van der Waals surface area (Å²) in [5, 5.41) is 10.6. The molecule has 0 spiro atoms. The van der Waals surface area contributed by atoms with Crippen LogP contribution in [0.1, 0.15) is 408 Å². The van der Waals surface area contributed by atoms with E-state index in [1.807, 2.05) is 0 Å². The Hall–Kier alpha value is -1.94. The van der Waals surface area contributed by atoms with Gasteiger partial charge in [-0.3, -0.25) is 37.3 Å². The number of unbranched alkanes of at least 4 members (excludes halogenated alkanes) is 47. The van der Waals surface area contributed by atoms with Crippen LogP contribution in [0, 0.1) is 11.8 Å². The number of rotatable bonds is 77. The highest BCUT2D eigenvalue weighted by Crippen LogP contribution is 2.45. The predicted octanol–water partition coefficient (Wildman–Crippen LogP) is 23.1. The van der Waals surface area contributed by atoms with E-state index in [0.29, 0.717) is 25.7 Å². The van der Waals surface area contributed by atoms with Crippen molar-refractivity contribution in [2.24, 2.45) is 11.8 Å². The molecule has 97 heavy (non-hydrogen) atoms. The summed E-state index contributed by atoms with van der Waals surface area (Å²) in [6.45, 7) is 9.59. The number of phosphoric ester groups is 2. The van der Waals surface area contributed by atoms with E-state index in [2.05, 4.69) is 41.5 Å². The first-order valence-corrected chi connectivity index (χ1v) is 43.5. The molecule has 0 aromatic heterocycles. The van der Waals surface area contributed by atoms with Crippen LogP contribution in [0.4, 0.5) is 0 Å². The number of aliphatic hydroxyl groups is 1. The molecule has 0 aliphatic carbocycles. The summed E-state index contributed by atoms with van der Waals surface area (Å²) in [5.41, 5.74) is 0. The summed E-state index contributed by atoms with van der Waals surface area (Å²) in [7, 11) is -9.91. The van der Waals surface area contributed by atoms with Crippen LogP contribution in [-0.4, -0.2) is 96.7 Å². The molecule has 576 valence electrons. The second-order valence-electron chi connectivity index (χ2n) is 29.1. The standard InChI is InChI=1S/C78H152O17P2/c1-7-9-11-13-15-17-19-20-21-22-23-24-25-26-27-29-38-44-50-56-62-77(82)94-73(67-89-76(81)61-55-49-43-37-32-30-34-40-46-52-58-70(3)4)68-92-96(84,85)90-64-72(79)65-91-97(86,87)93-69-74(66-88-75(80)60-54-48-42-36-28-18-16-14-12-10-8-2)95-78(83)63-57-51-45-39-33-31-35-41-47-53-59-71(5)6/h70-74,79H,7-69H2,1-6H3,(H,84,85)(H,86,87)/t72-,73-,74-/m1/s1. The first kappa shape index (κ1) is 95.1. The number of esters is 4. The van der Waals surface area contributed by atoms with Crippen molar-refractivity contribution in [3.8, 4) is 0 Å². The molecule has 0 radical (unpaired) electrons.